The van der Waals surface area contributed by atoms with Gasteiger partial charge in [0.2, 0.25) is 5.91 Å². The van der Waals surface area contributed by atoms with E-state index in [0.717, 1.165) is 23.3 Å². The minimum Gasteiger partial charge on any atom is -0.494 e. The molecule has 0 aliphatic heterocycles. The van der Waals surface area contributed by atoms with Crippen LogP contribution in [0.3, 0.4) is 0 Å². The zero-order valence-electron chi connectivity index (χ0n) is 13.8. The average molecular weight is 327 g/mol. The van der Waals surface area contributed by atoms with Crippen molar-refractivity contribution in [2.75, 3.05) is 11.9 Å². The number of aromatic carboxylic acids is 1. The van der Waals surface area contributed by atoms with Crippen molar-refractivity contribution in [3.05, 3.63) is 59.2 Å². The molecule has 0 aromatic heterocycles. The molecule has 2 N–H and O–H groups in total. The van der Waals surface area contributed by atoms with Gasteiger partial charge in [-0.05, 0) is 48.7 Å². The van der Waals surface area contributed by atoms with Gasteiger partial charge in [0.05, 0.1) is 18.6 Å². The fraction of sp³-hybridized carbons (Fsp3) is 0.263. The lowest BCUT2D eigenvalue weighted by atomic mass is 10.1. The molecule has 0 saturated carbocycles. The minimum absolute atomic E-state index is 0.144. The number of anilines is 1. The van der Waals surface area contributed by atoms with Crippen LogP contribution in [-0.4, -0.2) is 23.6 Å². The van der Waals surface area contributed by atoms with Crippen LogP contribution in [0.5, 0.6) is 5.75 Å². The van der Waals surface area contributed by atoms with Crippen LogP contribution in [0, 0.1) is 6.92 Å². The summed E-state index contributed by atoms with van der Waals surface area (Å²) in [5.41, 5.74) is 2.31. The zero-order valence-corrected chi connectivity index (χ0v) is 13.8. The third kappa shape index (κ3) is 4.84. The number of benzene rings is 2. The Balaban J connectivity index is 2.06. The van der Waals surface area contributed by atoms with E-state index in [4.69, 9.17) is 9.84 Å². The smallest absolute Gasteiger partial charge is 0.335 e. The Hall–Kier alpha value is -2.82. The maximum Gasteiger partial charge on any atom is 0.335 e. The third-order valence-corrected chi connectivity index (χ3v) is 3.49. The molecule has 0 radical (unpaired) electrons. The van der Waals surface area contributed by atoms with Gasteiger partial charge in [-0.15, -0.1) is 0 Å². The molecule has 2 aromatic rings. The van der Waals surface area contributed by atoms with Gasteiger partial charge in [0.25, 0.3) is 0 Å². The predicted octanol–water partition coefficient (Wildman–Crippen LogP) is 3.66. The molecule has 1 amide bonds. The molecular formula is C19H21NO4. The molecule has 0 saturated heterocycles. The van der Waals surface area contributed by atoms with E-state index in [2.05, 4.69) is 5.32 Å². The van der Waals surface area contributed by atoms with Gasteiger partial charge in [-0.3, -0.25) is 4.79 Å². The van der Waals surface area contributed by atoms with Crippen molar-refractivity contribution in [3.8, 4) is 5.75 Å². The maximum atomic E-state index is 12.2. The first-order valence-electron chi connectivity index (χ1n) is 7.85. The number of hydrogen-bond donors (Lipinski definition) is 2. The summed E-state index contributed by atoms with van der Waals surface area (Å²) in [4.78, 5) is 23.3. The number of rotatable bonds is 7. The predicted molar refractivity (Wildman–Crippen MR) is 92.7 cm³/mol. The topological polar surface area (TPSA) is 75.6 Å². The normalized spacial score (nSPS) is 10.2. The highest BCUT2D eigenvalue weighted by molar-refractivity contribution is 5.95. The summed E-state index contributed by atoms with van der Waals surface area (Å²) in [6.07, 6.45) is 1.12. The van der Waals surface area contributed by atoms with E-state index < -0.39 is 5.97 Å². The van der Waals surface area contributed by atoms with Crippen molar-refractivity contribution in [2.24, 2.45) is 0 Å². The number of ether oxygens (including phenoxy) is 1. The Morgan fingerprint density at radius 1 is 1.17 bits per heavy atom. The van der Waals surface area contributed by atoms with E-state index in [1.807, 2.05) is 38.1 Å². The highest BCUT2D eigenvalue weighted by Gasteiger charge is 2.10. The van der Waals surface area contributed by atoms with E-state index in [0.29, 0.717) is 12.3 Å². The number of carbonyl (C=O) groups excluding carboxylic acids is 1. The molecule has 126 valence electrons. The SMILES string of the molecule is CCCOc1cccc(CC(=O)Nc2cc(C(=O)O)ccc2C)c1. The fourth-order valence-electron chi connectivity index (χ4n) is 2.23. The van der Waals surface area contributed by atoms with Crippen molar-refractivity contribution in [2.45, 2.75) is 26.7 Å². The van der Waals surface area contributed by atoms with E-state index in [-0.39, 0.29) is 17.9 Å². The molecule has 5 heteroatoms. The summed E-state index contributed by atoms with van der Waals surface area (Å²) >= 11 is 0. The Morgan fingerprint density at radius 2 is 1.96 bits per heavy atom. The number of carboxylic acids is 1. The van der Waals surface area contributed by atoms with Crippen LogP contribution >= 0.6 is 0 Å². The summed E-state index contributed by atoms with van der Waals surface area (Å²) in [7, 11) is 0. The molecule has 0 atom stereocenters. The van der Waals surface area contributed by atoms with E-state index >= 15 is 0 Å². The lowest BCUT2D eigenvalue weighted by molar-refractivity contribution is -0.115. The third-order valence-electron chi connectivity index (χ3n) is 3.49. The van der Waals surface area contributed by atoms with Crippen molar-refractivity contribution < 1.29 is 19.4 Å². The number of amides is 1. The van der Waals surface area contributed by atoms with Crippen molar-refractivity contribution in [1.82, 2.24) is 0 Å². The quantitative estimate of drug-likeness (QED) is 0.813. The summed E-state index contributed by atoms with van der Waals surface area (Å²) in [5.74, 6) is -0.481. The van der Waals surface area contributed by atoms with Crippen molar-refractivity contribution in [3.63, 3.8) is 0 Å². The van der Waals surface area contributed by atoms with Crippen molar-refractivity contribution in [1.29, 1.82) is 0 Å². The molecule has 24 heavy (non-hydrogen) atoms. The second kappa shape index (κ2) is 8.15. The first kappa shape index (κ1) is 17.5. The minimum atomic E-state index is -1.02. The van der Waals surface area contributed by atoms with Crippen LogP contribution in [0.2, 0.25) is 0 Å². The Bertz CT molecular complexity index is 740. The summed E-state index contributed by atoms with van der Waals surface area (Å²) in [6.45, 7) is 4.49. The molecule has 0 unspecified atom stereocenters. The highest BCUT2D eigenvalue weighted by atomic mass is 16.5. The van der Waals surface area contributed by atoms with Gasteiger partial charge >= 0.3 is 5.97 Å². The lowest BCUT2D eigenvalue weighted by Gasteiger charge is -2.10. The summed E-state index contributed by atoms with van der Waals surface area (Å²) in [5, 5.41) is 11.8. The fourth-order valence-corrected chi connectivity index (χ4v) is 2.23. The molecule has 0 aliphatic carbocycles. The summed E-state index contributed by atoms with van der Waals surface area (Å²) in [6, 6.07) is 12.1. The van der Waals surface area contributed by atoms with Crippen LogP contribution < -0.4 is 10.1 Å². The highest BCUT2D eigenvalue weighted by Crippen LogP contribution is 2.18. The molecular weight excluding hydrogens is 306 g/mol. The second-order valence-electron chi connectivity index (χ2n) is 5.56. The lowest BCUT2D eigenvalue weighted by Crippen LogP contribution is -2.15. The molecule has 5 nitrogen and oxygen atoms in total. The van der Waals surface area contributed by atoms with Gasteiger partial charge in [0.1, 0.15) is 5.75 Å². The largest absolute Gasteiger partial charge is 0.494 e. The molecule has 0 spiro atoms. The van der Waals surface area contributed by atoms with Gasteiger partial charge < -0.3 is 15.2 Å². The number of carbonyl (C=O) groups is 2. The zero-order chi connectivity index (χ0) is 17.5. The molecule has 0 fully saturated rings. The molecule has 2 aromatic carbocycles. The van der Waals surface area contributed by atoms with E-state index in [9.17, 15) is 9.59 Å². The first-order chi connectivity index (χ1) is 11.5. The van der Waals surface area contributed by atoms with E-state index in [1.165, 1.54) is 12.1 Å². The Kier molecular flexibility index (Phi) is 5.95. The molecule has 2 rings (SSSR count). The van der Waals surface area contributed by atoms with Gasteiger partial charge in [-0.2, -0.15) is 0 Å². The van der Waals surface area contributed by atoms with Gasteiger partial charge in [-0.1, -0.05) is 25.1 Å². The van der Waals surface area contributed by atoms with Gasteiger partial charge in [-0.25, -0.2) is 4.79 Å². The summed E-state index contributed by atoms with van der Waals surface area (Å²) < 4.78 is 5.56. The Labute approximate surface area is 141 Å². The monoisotopic (exact) mass is 327 g/mol. The second-order valence-corrected chi connectivity index (χ2v) is 5.56. The first-order valence-corrected chi connectivity index (χ1v) is 7.85. The molecule has 0 heterocycles. The molecule has 0 aliphatic rings. The maximum absolute atomic E-state index is 12.2. The van der Waals surface area contributed by atoms with Crippen LogP contribution in [0.4, 0.5) is 5.69 Å². The average Bonchev–Trinajstić information content (AvgIpc) is 2.55. The number of aryl methyl sites for hydroxylation is 1. The number of carboxylic acid groups (broad SMARTS) is 1. The van der Waals surface area contributed by atoms with Crippen LogP contribution in [0.25, 0.3) is 0 Å². The van der Waals surface area contributed by atoms with E-state index in [1.54, 1.807) is 6.07 Å². The van der Waals surface area contributed by atoms with Crippen LogP contribution in [0.15, 0.2) is 42.5 Å². The van der Waals surface area contributed by atoms with Crippen LogP contribution in [-0.2, 0) is 11.2 Å². The molecule has 0 bridgehead atoms. The van der Waals surface area contributed by atoms with Crippen LogP contribution in [0.1, 0.15) is 34.8 Å². The van der Waals surface area contributed by atoms with Crippen molar-refractivity contribution >= 4 is 17.6 Å². The standard InChI is InChI=1S/C19H21NO4/c1-3-9-24-16-6-4-5-14(10-16)11-18(21)20-17-12-15(19(22)23)8-7-13(17)2/h4-8,10,12H,3,9,11H2,1-2H3,(H,20,21)(H,22,23). The Morgan fingerprint density at radius 3 is 2.67 bits per heavy atom. The number of hydrogen-bond acceptors (Lipinski definition) is 3. The number of nitrogens with one attached hydrogen (secondary N) is 1. The van der Waals surface area contributed by atoms with Gasteiger partial charge in [0.15, 0.2) is 0 Å². The van der Waals surface area contributed by atoms with Gasteiger partial charge in [0, 0.05) is 5.69 Å².